The first-order valence-electron chi connectivity index (χ1n) is 14.2. The lowest BCUT2D eigenvalue weighted by molar-refractivity contribution is -0.128. The maximum Gasteiger partial charge on any atom is 0.426 e. The number of rotatable bonds is 19. The van der Waals surface area contributed by atoms with Crippen molar-refractivity contribution < 1.29 is 24.0 Å². The molecular weight excluding hydrogens is 516 g/mol. The number of nitrogens with zero attached hydrogens (tertiary/aromatic N) is 4. The zero-order valence-corrected chi connectivity index (χ0v) is 26.1. The number of nitrogens with two attached hydrogens (primary N) is 1. The van der Waals surface area contributed by atoms with Crippen LogP contribution in [0.25, 0.3) is 0 Å². The largest absolute Gasteiger partial charge is 0.426 e. The highest BCUT2D eigenvalue weighted by Gasteiger charge is 2.31. The Balaban J connectivity index is 2.40. The van der Waals surface area contributed by atoms with Crippen LogP contribution in [0.3, 0.4) is 0 Å². The second-order valence-electron chi connectivity index (χ2n) is 12.8. The molecule has 13 nitrogen and oxygen atoms in total. The predicted molar refractivity (Wildman–Crippen MR) is 154 cm³/mol. The van der Waals surface area contributed by atoms with E-state index >= 15 is 0 Å². The molecular formula is C27H54N8O5. The third kappa shape index (κ3) is 15.3. The summed E-state index contributed by atoms with van der Waals surface area (Å²) in [4.78, 5) is 42.8. The molecule has 13 heteroatoms. The van der Waals surface area contributed by atoms with E-state index in [9.17, 15) is 14.4 Å². The highest BCUT2D eigenvalue weighted by atomic mass is 16.7. The fourth-order valence-electron chi connectivity index (χ4n) is 3.80. The van der Waals surface area contributed by atoms with Crippen LogP contribution in [-0.4, -0.2) is 90.2 Å². The van der Waals surface area contributed by atoms with Crippen LogP contribution in [0, 0.1) is 0 Å². The quantitative estimate of drug-likeness (QED) is 0.136. The molecule has 0 spiro atoms. The van der Waals surface area contributed by atoms with Gasteiger partial charge in [-0.15, -0.1) is 10.2 Å². The van der Waals surface area contributed by atoms with Gasteiger partial charge in [-0.05, 0) is 87.5 Å². The van der Waals surface area contributed by atoms with Crippen molar-refractivity contribution in [3.8, 4) is 0 Å². The van der Waals surface area contributed by atoms with Gasteiger partial charge in [0, 0.05) is 38.3 Å². The van der Waals surface area contributed by atoms with E-state index in [1.807, 2.05) is 46.6 Å². The van der Waals surface area contributed by atoms with Gasteiger partial charge in [0.05, 0.1) is 17.6 Å². The van der Waals surface area contributed by atoms with Crippen molar-refractivity contribution in [3.63, 3.8) is 0 Å². The molecule has 1 heterocycles. The molecule has 0 bridgehead atoms. The van der Waals surface area contributed by atoms with Gasteiger partial charge in [-0.25, -0.2) is 9.80 Å². The van der Waals surface area contributed by atoms with Crippen molar-refractivity contribution in [2.24, 2.45) is 16.1 Å². The molecule has 1 aliphatic rings. The summed E-state index contributed by atoms with van der Waals surface area (Å²) >= 11 is 0. The van der Waals surface area contributed by atoms with Crippen molar-refractivity contribution >= 4 is 17.9 Å². The number of carbonyl (C=O) groups excluding carboxylic acids is 3. The van der Waals surface area contributed by atoms with Gasteiger partial charge < -0.3 is 31.3 Å². The van der Waals surface area contributed by atoms with Crippen molar-refractivity contribution in [1.82, 2.24) is 26.0 Å². The average molecular weight is 571 g/mol. The van der Waals surface area contributed by atoms with Crippen molar-refractivity contribution in [2.45, 2.75) is 123 Å². The summed E-state index contributed by atoms with van der Waals surface area (Å²) in [6.07, 6.45) is 2.62. The highest BCUT2D eigenvalue weighted by Crippen LogP contribution is 2.25. The van der Waals surface area contributed by atoms with Crippen molar-refractivity contribution in [1.29, 1.82) is 0 Å². The number of ether oxygens (including phenoxy) is 1. The first-order valence-corrected chi connectivity index (χ1v) is 14.2. The zero-order valence-electron chi connectivity index (χ0n) is 26.1. The van der Waals surface area contributed by atoms with E-state index in [4.69, 9.17) is 15.3 Å². The minimum absolute atomic E-state index is 0.0700. The van der Waals surface area contributed by atoms with E-state index in [0.29, 0.717) is 52.0 Å². The number of hydroxylamine groups is 2. The lowest BCUT2D eigenvalue weighted by Gasteiger charge is -2.38. The molecule has 0 aliphatic carbocycles. The number of nitrogens with one attached hydrogen (secondary N) is 3. The molecule has 0 aromatic carbocycles. The number of hydrogen-bond donors (Lipinski definition) is 4. The van der Waals surface area contributed by atoms with Crippen LogP contribution in [0.2, 0.25) is 0 Å². The lowest BCUT2D eigenvalue weighted by Crippen LogP contribution is -2.49. The van der Waals surface area contributed by atoms with Gasteiger partial charge in [-0.2, -0.15) is 0 Å². The summed E-state index contributed by atoms with van der Waals surface area (Å²) in [5.74, 6) is -0.374. The molecule has 3 amide bonds. The van der Waals surface area contributed by atoms with Gasteiger partial charge in [0.15, 0.2) is 6.67 Å². The standard InChI is InChI=1S/C27H54N8O5/c1-20(2)31-23(37)21(32-24(38)40-34(9)16-13-25(3,4)28)12-10-11-15-29-22(36)18-27(7,8)39-17-14-26(5,6)35-19-30-33-35/h20-21H,10-19,28H2,1-9H3,(H,29,36)(H,31,37)(H,32,38). The van der Waals surface area contributed by atoms with E-state index < -0.39 is 17.7 Å². The Morgan fingerprint density at radius 2 is 1.70 bits per heavy atom. The van der Waals surface area contributed by atoms with Gasteiger partial charge in [0.25, 0.3) is 0 Å². The molecule has 1 atom stereocenters. The zero-order chi connectivity index (χ0) is 30.6. The summed E-state index contributed by atoms with van der Waals surface area (Å²) < 4.78 is 6.00. The smallest absolute Gasteiger partial charge is 0.375 e. The SMILES string of the molecule is CC(C)NC(=O)C(CCCCNC(=O)CC(C)(C)OCCC(C)(C)N1CN=N1)NC(=O)ON(C)CCC(C)(C)N. The molecule has 0 fully saturated rings. The van der Waals surface area contributed by atoms with E-state index in [-0.39, 0.29) is 35.4 Å². The van der Waals surface area contributed by atoms with Gasteiger partial charge in [0.2, 0.25) is 11.8 Å². The van der Waals surface area contributed by atoms with Gasteiger partial charge in [0.1, 0.15) is 6.04 Å². The fourth-order valence-corrected chi connectivity index (χ4v) is 3.80. The molecule has 1 rings (SSSR count). The molecule has 0 aromatic rings. The third-order valence-electron chi connectivity index (χ3n) is 6.45. The first-order chi connectivity index (χ1) is 18.4. The van der Waals surface area contributed by atoms with Crippen molar-refractivity contribution in [2.75, 3.05) is 33.4 Å². The molecule has 1 unspecified atom stereocenters. The third-order valence-corrected chi connectivity index (χ3v) is 6.45. The molecule has 0 saturated heterocycles. The van der Waals surface area contributed by atoms with E-state index in [1.54, 1.807) is 7.05 Å². The summed E-state index contributed by atoms with van der Waals surface area (Å²) in [6.45, 7) is 17.5. The number of hydrogen-bond acceptors (Lipinski definition) is 10. The Morgan fingerprint density at radius 1 is 1.05 bits per heavy atom. The number of amides is 3. The number of carbonyl (C=O) groups is 3. The van der Waals surface area contributed by atoms with Crippen LogP contribution >= 0.6 is 0 Å². The molecule has 5 N–H and O–H groups in total. The fraction of sp³-hybridized carbons (Fsp3) is 0.889. The summed E-state index contributed by atoms with van der Waals surface area (Å²) in [7, 11) is 1.64. The van der Waals surface area contributed by atoms with E-state index in [2.05, 4.69) is 40.1 Å². The predicted octanol–water partition coefficient (Wildman–Crippen LogP) is 2.86. The monoisotopic (exact) mass is 570 g/mol. The Bertz CT molecular complexity index is 841. The minimum Gasteiger partial charge on any atom is -0.375 e. The van der Waals surface area contributed by atoms with Crippen LogP contribution < -0.4 is 21.7 Å². The first kappa shape index (κ1) is 35.5. The van der Waals surface area contributed by atoms with Crippen LogP contribution in [0.4, 0.5) is 4.79 Å². The summed E-state index contributed by atoms with van der Waals surface area (Å²) in [5, 5.41) is 19.6. The minimum atomic E-state index is -0.751. The summed E-state index contributed by atoms with van der Waals surface area (Å²) in [6, 6.07) is -0.821. The van der Waals surface area contributed by atoms with Gasteiger partial charge in [-0.1, -0.05) is 5.22 Å². The normalized spacial score (nSPS) is 14.7. The van der Waals surface area contributed by atoms with Crippen LogP contribution in [0.15, 0.2) is 10.3 Å². The maximum absolute atomic E-state index is 12.7. The van der Waals surface area contributed by atoms with E-state index in [0.717, 1.165) is 6.42 Å². The Hall–Kier alpha value is -2.51. The van der Waals surface area contributed by atoms with Gasteiger partial charge >= 0.3 is 6.09 Å². The Labute approximate surface area is 240 Å². The average Bonchev–Trinajstić information content (AvgIpc) is 2.73. The summed E-state index contributed by atoms with van der Waals surface area (Å²) in [5.41, 5.74) is 4.85. The second-order valence-corrected chi connectivity index (χ2v) is 12.8. The molecule has 0 aromatic heterocycles. The second kappa shape index (κ2) is 16.1. The number of unbranched alkanes of at least 4 members (excludes halogenated alkanes) is 1. The molecule has 0 radical (unpaired) electrons. The van der Waals surface area contributed by atoms with Crippen LogP contribution in [-0.2, 0) is 19.2 Å². The van der Waals surface area contributed by atoms with E-state index in [1.165, 1.54) is 5.06 Å². The Morgan fingerprint density at radius 3 is 2.25 bits per heavy atom. The molecule has 1 aliphatic heterocycles. The molecule has 232 valence electrons. The Kier molecular flexibility index (Phi) is 14.3. The maximum atomic E-state index is 12.7. The topological polar surface area (TPSA) is 163 Å². The highest BCUT2D eigenvalue weighted by molar-refractivity contribution is 5.85. The lowest BCUT2D eigenvalue weighted by atomic mass is 9.99. The van der Waals surface area contributed by atoms with Crippen LogP contribution in [0.5, 0.6) is 0 Å². The molecule has 0 saturated carbocycles. The molecule has 40 heavy (non-hydrogen) atoms. The van der Waals surface area contributed by atoms with Crippen LogP contribution in [0.1, 0.15) is 93.9 Å². The van der Waals surface area contributed by atoms with Crippen molar-refractivity contribution in [3.05, 3.63) is 0 Å². The van der Waals surface area contributed by atoms with Gasteiger partial charge in [-0.3, -0.25) is 9.59 Å².